The minimum Gasteiger partial charge on any atom is -0.497 e. The Morgan fingerprint density at radius 3 is 2.56 bits per heavy atom. The number of benzene rings is 1. The van der Waals surface area contributed by atoms with Gasteiger partial charge >= 0.3 is 0 Å². The number of rotatable bonds is 4. The molecule has 16 heavy (non-hydrogen) atoms. The van der Waals surface area contributed by atoms with Gasteiger partial charge in [-0.1, -0.05) is 12.5 Å². The van der Waals surface area contributed by atoms with Crippen molar-refractivity contribution in [3.8, 4) is 5.75 Å². The van der Waals surface area contributed by atoms with E-state index in [0.717, 1.165) is 11.7 Å². The van der Waals surface area contributed by atoms with Gasteiger partial charge in [0.15, 0.2) is 0 Å². The molecule has 0 amide bonds. The molecule has 0 spiro atoms. The van der Waals surface area contributed by atoms with E-state index in [-0.39, 0.29) is 0 Å². The average Bonchev–Trinajstić information content (AvgIpc) is 2.23. The molecule has 1 N–H and O–H groups in total. The van der Waals surface area contributed by atoms with Gasteiger partial charge in [0.2, 0.25) is 0 Å². The fraction of sp³-hybridized carbons (Fsp3) is 0.571. The number of hydrogen-bond acceptors (Lipinski definition) is 2. The maximum Gasteiger partial charge on any atom is 0.119 e. The summed E-state index contributed by atoms with van der Waals surface area (Å²) in [6.45, 7) is 2.17. The third-order valence-corrected chi connectivity index (χ3v) is 3.74. The molecule has 88 valence electrons. The highest BCUT2D eigenvalue weighted by molar-refractivity contribution is 5.37. The molecule has 2 heteroatoms. The Morgan fingerprint density at radius 1 is 1.38 bits per heavy atom. The minimum atomic E-state index is 0.514. The van der Waals surface area contributed by atoms with Crippen LogP contribution in [-0.2, 0) is 0 Å². The van der Waals surface area contributed by atoms with Crippen molar-refractivity contribution < 1.29 is 4.74 Å². The van der Waals surface area contributed by atoms with E-state index in [1.807, 2.05) is 0 Å². The molecule has 2 nitrogen and oxygen atoms in total. The molecule has 1 aliphatic rings. The Balaban J connectivity index is 2.23. The lowest BCUT2D eigenvalue weighted by Crippen LogP contribution is -2.30. The third-order valence-electron chi connectivity index (χ3n) is 3.74. The first-order valence-electron chi connectivity index (χ1n) is 6.08. The second-order valence-electron chi connectivity index (χ2n) is 4.68. The zero-order chi connectivity index (χ0) is 11.5. The summed E-state index contributed by atoms with van der Waals surface area (Å²) in [7, 11) is 3.78. The van der Waals surface area contributed by atoms with Crippen LogP contribution in [0.3, 0.4) is 0 Å². The molecule has 1 atom stereocenters. The smallest absolute Gasteiger partial charge is 0.119 e. The lowest BCUT2D eigenvalue weighted by atomic mass is 9.76. The van der Waals surface area contributed by atoms with E-state index in [2.05, 4.69) is 37.5 Å². The Hall–Kier alpha value is -1.02. The predicted octanol–water partition coefficient (Wildman–Crippen LogP) is 3.06. The Kier molecular flexibility index (Phi) is 3.49. The zero-order valence-corrected chi connectivity index (χ0v) is 10.4. The van der Waals surface area contributed by atoms with Crippen LogP contribution >= 0.6 is 0 Å². The first-order chi connectivity index (χ1) is 7.76. The standard InChI is InChI=1S/C14H21NO/c1-10-9-12(16-3)7-8-13(10)14(15-2)11-5-4-6-11/h7-9,11,14-15H,4-6H2,1-3H3. The molecule has 0 aliphatic heterocycles. The van der Waals surface area contributed by atoms with Gasteiger partial charge in [-0.05, 0) is 56.0 Å². The van der Waals surface area contributed by atoms with Crippen LogP contribution in [0, 0.1) is 12.8 Å². The van der Waals surface area contributed by atoms with Gasteiger partial charge in [0.1, 0.15) is 5.75 Å². The van der Waals surface area contributed by atoms with E-state index in [9.17, 15) is 0 Å². The normalized spacial score (nSPS) is 17.9. The lowest BCUT2D eigenvalue weighted by molar-refractivity contribution is 0.239. The summed E-state index contributed by atoms with van der Waals surface area (Å²) in [4.78, 5) is 0. The molecule has 1 aromatic carbocycles. The molecule has 0 aromatic heterocycles. The van der Waals surface area contributed by atoms with Gasteiger partial charge in [0.05, 0.1) is 7.11 Å². The van der Waals surface area contributed by atoms with Crippen LogP contribution in [0.25, 0.3) is 0 Å². The minimum absolute atomic E-state index is 0.514. The first kappa shape index (κ1) is 11.5. The van der Waals surface area contributed by atoms with Gasteiger partial charge in [-0.3, -0.25) is 0 Å². The number of nitrogens with one attached hydrogen (secondary N) is 1. The van der Waals surface area contributed by atoms with Crippen LogP contribution < -0.4 is 10.1 Å². The topological polar surface area (TPSA) is 21.3 Å². The van der Waals surface area contributed by atoms with Crippen molar-refractivity contribution in [2.24, 2.45) is 5.92 Å². The molecule has 1 aliphatic carbocycles. The molecule has 1 saturated carbocycles. The summed E-state index contributed by atoms with van der Waals surface area (Å²) in [6, 6.07) is 6.90. The fourth-order valence-corrected chi connectivity index (χ4v) is 2.54. The largest absolute Gasteiger partial charge is 0.497 e. The van der Waals surface area contributed by atoms with E-state index < -0.39 is 0 Å². The summed E-state index contributed by atoms with van der Waals surface area (Å²) in [5, 5.41) is 3.46. The molecule has 0 radical (unpaired) electrons. The quantitative estimate of drug-likeness (QED) is 0.840. The molecule has 2 rings (SSSR count). The number of methoxy groups -OCH3 is 1. The van der Waals surface area contributed by atoms with Gasteiger partial charge in [0.25, 0.3) is 0 Å². The molecule has 1 unspecified atom stereocenters. The van der Waals surface area contributed by atoms with E-state index in [1.54, 1.807) is 7.11 Å². The fourth-order valence-electron chi connectivity index (χ4n) is 2.54. The lowest BCUT2D eigenvalue weighted by Gasteiger charge is -2.34. The summed E-state index contributed by atoms with van der Waals surface area (Å²) >= 11 is 0. The summed E-state index contributed by atoms with van der Waals surface area (Å²) in [6.07, 6.45) is 4.10. The average molecular weight is 219 g/mol. The van der Waals surface area contributed by atoms with Crippen molar-refractivity contribution in [1.82, 2.24) is 5.32 Å². The van der Waals surface area contributed by atoms with Crippen LogP contribution in [0.2, 0.25) is 0 Å². The highest BCUT2D eigenvalue weighted by atomic mass is 16.5. The van der Waals surface area contributed by atoms with Gasteiger partial charge in [0, 0.05) is 6.04 Å². The van der Waals surface area contributed by atoms with Crippen LogP contribution in [0.4, 0.5) is 0 Å². The van der Waals surface area contributed by atoms with E-state index in [0.29, 0.717) is 6.04 Å². The van der Waals surface area contributed by atoms with Gasteiger partial charge in [-0.2, -0.15) is 0 Å². The highest BCUT2D eigenvalue weighted by Gasteiger charge is 2.28. The van der Waals surface area contributed by atoms with Gasteiger partial charge < -0.3 is 10.1 Å². The SMILES string of the molecule is CNC(c1ccc(OC)cc1C)C1CCC1. The van der Waals surface area contributed by atoms with Crippen molar-refractivity contribution in [1.29, 1.82) is 0 Å². The molecule has 1 aromatic rings. The number of aryl methyl sites for hydroxylation is 1. The highest BCUT2D eigenvalue weighted by Crippen LogP contribution is 2.38. The van der Waals surface area contributed by atoms with Crippen LogP contribution in [0.5, 0.6) is 5.75 Å². The molecular formula is C14H21NO. The second kappa shape index (κ2) is 4.88. The van der Waals surface area contributed by atoms with Crippen LogP contribution in [0.1, 0.15) is 36.4 Å². The Morgan fingerprint density at radius 2 is 2.12 bits per heavy atom. The molecule has 1 fully saturated rings. The number of hydrogen-bond donors (Lipinski definition) is 1. The van der Waals surface area contributed by atoms with Crippen molar-refractivity contribution in [2.75, 3.05) is 14.2 Å². The molecule has 0 saturated heterocycles. The van der Waals surface area contributed by atoms with Crippen molar-refractivity contribution in [3.63, 3.8) is 0 Å². The Labute approximate surface area is 98.0 Å². The maximum atomic E-state index is 5.24. The van der Waals surface area contributed by atoms with E-state index in [4.69, 9.17) is 4.74 Å². The molecule has 0 heterocycles. The van der Waals surface area contributed by atoms with Crippen LogP contribution in [-0.4, -0.2) is 14.2 Å². The number of ether oxygens (including phenoxy) is 1. The summed E-state index contributed by atoms with van der Waals surface area (Å²) < 4.78 is 5.24. The maximum absolute atomic E-state index is 5.24. The van der Waals surface area contributed by atoms with Gasteiger partial charge in [-0.15, -0.1) is 0 Å². The van der Waals surface area contributed by atoms with Crippen molar-refractivity contribution in [2.45, 2.75) is 32.2 Å². The molecular weight excluding hydrogens is 198 g/mol. The summed E-state index contributed by atoms with van der Waals surface area (Å²) in [5.41, 5.74) is 2.75. The van der Waals surface area contributed by atoms with Gasteiger partial charge in [-0.25, -0.2) is 0 Å². The zero-order valence-electron chi connectivity index (χ0n) is 10.4. The van der Waals surface area contributed by atoms with Crippen molar-refractivity contribution in [3.05, 3.63) is 29.3 Å². The first-order valence-corrected chi connectivity index (χ1v) is 6.08. The molecule has 0 bridgehead atoms. The Bertz CT molecular complexity index is 358. The second-order valence-corrected chi connectivity index (χ2v) is 4.68. The van der Waals surface area contributed by atoms with E-state index in [1.165, 1.54) is 30.4 Å². The van der Waals surface area contributed by atoms with Crippen LogP contribution in [0.15, 0.2) is 18.2 Å². The van der Waals surface area contributed by atoms with Crippen molar-refractivity contribution >= 4 is 0 Å². The monoisotopic (exact) mass is 219 g/mol. The summed E-state index contributed by atoms with van der Waals surface area (Å²) in [5.74, 6) is 1.77. The van der Waals surface area contributed by atoms with E-state index >= 15 is 0 Å². The predicted molar refractivity (Wildman–Crippen MR) is 66.9 cm³/mol. The third kappa shape index (κ3) is 2.07.